The Bertz CT molecular complexity index is 364. The summed E-state index contributed by atoms with van der Waals surface area (Å²) in [5, 5.41) is 0. The minimum atomic E-state index is -0.871. The van der Waals surface area contributed by atoms with Crippen LogP contribution in [0, 0.1) is 0 Å². The van der Waals surface area contributed by atoms with Gasteiger partial charge in [-0.1, -0.05) is 6.07 Å². The topological polar surface area (TPSA) is 52.3 Å². The lowest BCUT2D eigenvalue weighted by Gasteiger charge is -2.11. The molecule has 3 nitrogen and oxygen atoms in total. The third-order valence-corrected chi connectivity index (χ3v) is 2.91. The molecule has 1 aromatic rings. The predicted octanol–water partition coefficient (Wildman–Crippen LogP) is 1.59. The monoisotopic (exact) mass is 227 g/mol. The Balaban J connectivity index is 3.07. The highest BCUT2D eigenvalue weighted by atomic mass is 32.2. The van der Waals surface area contributed by atoms with Gasteiger partial charge in [-0.2, -0.15) is 0 Å². The Kier molecular flexibility index (Phi) is 4.29. The van der Waals surface area contributed by atoms with Gasteiger partial charge in [-0.15, -0.1) is 0 Å². The van der Waals surface area contributed by atoms with E-state index in [1.807, 2.05) is 25.1 Å². The summed E-state index contributed by atoms with van der Waals surface area (Å²) in [7, 11) is 0.743. The van der Waals surface area contributed by atoms with E-state index in [2.05, 4.69) is 0 Å². The second-order valence-corrected chi connectivity index (χ2v) is 5.01. The zero-order valence-electron chi connectivity index (χ0n) is 9.32. The lowest BCUT2D eigenvalue weighted by atomic mass is 10.1. The minimum absolute atomic E-state index is 0.0139. The highest BCUT2D eigenvalue weighted by Gasteiger charge is 2.08. The van der Waals surface area contributed by atoms with Crippen LogP contribution in [0.15, 0.2) is 18.2 Å². The van der Waals surface area contributed by atoms with E-state index in [9.17, 15) is 4.21 Å². The number of hydrogen-bond donors (Lipinski definition) is 1. The van der Waals surface area contributed by atoms with Crippen LogP contribution in [-0.2, 0) is 16.6 Å². The summed E-state index contributed by atoms with van der Waals surface area (Å²) in [4.78, 5) is 0. The molecule has 0 heterocycles. The Morgan fingerprint density at radius 3 is 2.67 bits per heavy atom. The average Bonchev–Trinajstić information content (AvgIpc) is 2.16. The molecule has 0 aliphatic rings. The van der Waals surface area contributed by atoms with Crippen LogP contribution in [0.3, 0.4) is 0 Å². The number of methoxy groups -OCH3 is 1. The zero-order chi connectivity index (χ0) is 11.4. The molecule has 2 atom stereocenters. The number of benzene rings is 1. The third kappa shape index (κ3) is 3.32. The molecule has 15 heavy (non-hydrogen) atoms. The standard InChI is InChI=1S/C11H17NO2S/c1-8(12)9-4-5-11(14-2)10(6-9)7-15(3)13/h4-6,8H,7,12H2,1-3H3. The maximum absolute atomic E-state index is 11.2. The van der Waals surface area contributed by atoms with Gasteiger partial charge in [0.2, 0.25) is 0 Å². The van der Waals surface area contributed by atoms with E-state index in [1.165, 1.54) is 0 Å². The molecule has 0 aromatic heterocycles. The molecule has 1 aromatic carbocycles. The van der Waals surface area contributed by atoms with Gasteiger partial charge in [-0.25, -0.2) is 0 Å². The maximum atomic E-state index is 11.2. The van der Waals surface area contributed by atoms with Gasteiger partial charge in [-0.3, -0.25) is 4.21 Å². The van der Waals surface area contributed by atoms with Gasteiger partial charge in [0, 0.05) is 28.7 Å². The Morgan fingerprint density at radius 1 is 1.53 bits per heavy atom. The van der Waals surface area contributed by atoms with E-state index < -0.39 is 10.8 Å². The minimum Gasteiger partial charge on any atom is -0.496 e. The van der Waals surface area contributed by atoms with Gasteiger partial charge in [0.25, 0.3) is 0 Å². The first-order valence-corrected chi connectivity index (χ1v) is 6.49. The third-order valence-electron chi connectivity index (χ3n) is 2.19. The summed E-state index contributed by atoms with van der Waals surface area (Å²) < 4.78 is 16.4. The molecule has 2 N–H and O–H groups in total. The molecule has 0 radical (unpaired) electrons. The molecule has 0 spiro atoms. The van der Waals surface area contributed by atoms with E-state index in [4.69, 9.17) is 10.5 Å². The second kappa shape index (κ2) is 5.28. The van der Waals surface area contributed by atoms with Crippen LogP contribution in [0.4, 0.5) is 0 Å². The van der Waals surface area contributed by atoms with Crippen molar-refractivity contribution in [2.45, 2.75) is 18.7 Å². The molecule has 0 saturated carbocycles. The van der Waals surface area contributed by atoms with Crippen molar-refractivity contribution in [1.29, 1.82) is 0 Å². The first-order chi connectivity index (χ1) is 7.04. The number of rotatable bonds is 4. The fraction of sp³-hybridized carbons (Fsp3) is 0.455. The molecule has 0 bridgehead atoms. The smallest absolute Gasteiger partial charge is 0.123 e. The van der Waals surface area contributed by atoms with Crippen molar-refractivity contribution in [2.75, 3.05) is 13.4 Å². The summed E-state index contributed by atoms with van der Waals surface area (Å²) in [5.41, 5.74) is 7.78. The van der Waals surface area contributed by atoms with Gasteiger partial charge >= 0.3 is 0 Å². The van der Waals surface area contributed by atoms with Gasteiger partial charge in [0.05, 0.1) is 12.9 Å². The Labute approximate surface area is 93.1 Å². The summed E-state index contributed by atoms with van der Waals surface area (Å²) in [6, 6.07) is 5.76. The largest absolute Gasteiger partial charge is 0.496 e. The SMILES string of the molecule is COc1ccc(C(C)N)cc1CS(C)=O. The number of ether oxygens (including phenoxy) is 1. The van der Waals surface area contributed by atoms with Crippen molar-refractivity contribution < 1.29 is 8.95 Å². The van der Waals surface area contributed by atoms with E-state index in [0.29, 0.717) is 5.75 Å². The molecule has 2 unspecified atom stereocenters. The van der Waals surface area contributed by atoms with Crippen LogP contribution in [0.25, 0.3) is 0 Å². The van der Waals surface area contributed by atoms with Crippen molar-refractivity contribution in [3.05, 3.63) is 29.3 Å². The number of hydrogen-bond acceptors (Lipinski definition) is 3. The van der Waals surface area contributed by atoms with Crippen LogP contribution in [0.2, 0.25) is 0 Å². The maximum Gasteiger partial charge on any atom is 0.123 e. The highest BCUT2D eigenvalue weighted by molar-refractivity contribution is 7.83. The first-order valence-electron chi connectivity index (χ1n) is 4.77. The fourth-order valence-electron chi connectivity index (χ4n) is 1.41. The zero-order valence-corrected chi connectivity index (χ0v) is 10.1. The van der Waals surface area contributed by atoms with E-state index in [1.54, 1.807) is 13.4 Å². The van der Waals surface area contributed by atoms with Gasteiger partial charge < -0.3 is 10.5 Å². The Hall–Kier alpha value is -0.870. The molecular formula is C11H17NO2S. The molecule has 1 rings (SSSR count). The van der Waals surface area contributed by atoms with E-state index >= 15 is 0 Å². The van der Waals surface area contributed by atoms with Crippen molar-refractivity contribution >= 4 is 10.8 Å². The summed E-state index contributed by atoms with van der Waals surface area (Å²) in [6.45, 7) is 1.93. The molecule has 84 valence electrons. The van der Waals surface area contributed by atoms with Crippen molar-refractivity contribution in [1.82, 2.24) is 0 Å². The van der Waals surface area contributed by atoms with Crippen LogP contribution < -0.4 is 10.5 Å². The molecule has 0 saturated heterocycles. The van der Waals surface area contributed by atoms with Crippen molar-refractivity contribution in [2.24, 2.45) is 5.73 Å². The van der Waals surface area contributed by atoms with E-state index in [-0.39, 0.29) is 6.04 Å². The fourth-order valence-corrected chi connectivity index (χ4v) is 2.08. The van der Waals surface area contributed by atoms with Gasteiger partial charge in [0.1, 0.15) is 5.75 Å². The number of nitrogens with two attached hydrogens (primary N) is 1. The lowest BCUT2D eigenvalue weighted by Crippen LogP contribution is -2.06. The molecular weight excluding hydrogens is 210 g/mol. The lowest BCUT2D eigenvalue weighted by molar-refractivity contribution is 0.411. The first kappa shape index (κ1) is 12.2. The van der Waals surface area contributed by atoms with Crippen molar-refractivity contribution in [3.8, 4) is 5.75 Å². The summed E-state index contributed by atoms with van der Waals surface area (Å²) >= 11 is 0. The quantitative estimate of drug-likeness (QED) is 0.850. The van der Waals surface area contributed by atoms with Gasteiger partial charge in [0.15, 0.2) is 0 Å². The molecule has 0 amide bonds. The van der Waals surface area contributed by atoms with Crippen molar-refractivity contribution in [3.63, 3.8) is 0 Å². The molecule has 0 aliphatic heterocycles. The second-order valence-electron chi connectivity index (χ2n) is 3.58. The molecule has 0 fully saturated rings. The van der Waals surface area contributed by atoms with Crippen LogP contribution in [-0.4, -0.2) is 17.6 Å². The van der Waals surface area contributed by atoms with Crippen LogP contribution in [0.1, 0.15) is 24.1 Å². The van der Waals surface area contributed by atoms with Crippen LogP contribution >= 0.6 is 0 Å². The van der Waals surface area contributed by atoms with E-state index in [0.717, 1.165) is 16.9 Å². The highest BCUT2D eigenvalue weighted by Crippen LogP contribution is 2.23. The predicted molar refractivity (Wildman–Crippen MR) is 63.4 cm³/mol. The average molecular weight is 227 g/mol. The summed E-state index contributed by atoms with van der Waals surface area (Å²) in [6.07, 6.45) is 1.68. The van der Waals surface area contributed by atoms with Gasteiger partial charge in [-0.05, 0) is 24.6 Å². The van der Waals surface area contributed by atoms with Crippen LogP contribution in [0.5, 0.6) is 5.75 Å². The molecule has 0 aliphatic carbocycles. The normalized spacial score (nSPS) is 14.7. The molecule has 4 heteroatoms. The Morgan fingerprint density at radius 2 is 2.20 bits per heavy atom. The summed E-state index contributed by atoms with van der Waals surface area (Å²) in [5.74, 6) is 1.28.